The summed E-state index contributed by atoms with van der Waals surface area (Å²) in [6.07, 6.45) is 76.0. The molecule has 1 heterocycles. The molecule has 0 aromatic rings. The van der Waals surface area contributed by atoms with Gasteiger partial charge in [-0.2, -0.15) is 0 Å². The fourth-order valence-corrected chi connectivity index (χ4v) is 7.79. The number of hydrogen-bond acceptors (Lipinski definition) is 8. The van der Waals surface area contributed by atoms with E-state index in [4.69, 9.17) is 9.47 Å². The van der Waals surface area contributed by atoms with Crippen molar-refractivity contribution >= 4 is 5.91 Å². The van der Waals surface area contributed by atoms with E-state index < -0.39 is 49.5 Å². The third-order valence-electron chi connectivity index (χ3n) is 12.3. The summed E-state index contributed by atoms with van der Waals surface area (Å²) >= 11 is 0. The first kappa shape index (κ1) is 67.8. The molecule has 74 heavy (non-hydrogen) atoms. The van der Waals surface area contributed by atoms with Gasteiger partial charge in [-0.25, -0.2) is 0 Å². The molecule has 1 rings (SSSR count). The van der Waals surface area contributed by atoms with Crippen LogP contribution in [0.3, 0.4) is 0 Å². The van der Waals surface area contributed by atoms with Crippen molar-refractivity contribution < 1.29 is 39.8 Å². The van der Waals surface area contributed by atoms with Crippen molar-refractivity contribution in [2.75, 3.05) is 13.2 Å². The minimum Gasteiger partial charge on any atom is -0.394 e. The summed E-state index contributed by atoms with van der Waals surface area (Å²) in [5, 5.41) is 54.3. The highest BCUT2D eigenvalue weighted by Crippen LogP contribution is 2.22. The predicted molar refractivity (Wildman–Crippen MR) is 312 cm³/mol. The number of unbranched alkanes of at least 4 members (excludes halogenated alkanes) is 12. The minimum atomic E-state index is -1.58. The molecule has 0 saturated carbocycles. The maximum absolute atomic E-state index is 13.0. The molecule has 9 nitrogen and oxygen atoms in total. The first-order chi connectivity index (χ1) is 36.3. The van der Waals surface area contributed by atoms with Gasteiger partial charge in [-0.15, -0.1) is 0 Å². The summed E-state index contributed by atoms with van der Waals surface area (Å²) in [5.74, 6) is -0.209. The number of carbonyl (C=O) groups is 1. The number of aliphatic hydroxyl groups is 5. The lowest BCUT2D eigenvalue weighted by atomic mass is 9.99. The van der Waals surface area contributed by atoms with Crippen LogP contribution < -0.4 is 5.32 Å². The summed E-state index contributed by atoms with van der Waals surface area (Å²) in [7, 11) is 0. The van der Waals surface area contributed by atoms with E-state index in [1.54, 1.807) is 6.08 Å². The van der Waals surface area contributed by atoms with Gasteiger partial charge in [-0.05, 0) is 116 Å². The van der Waals surface area contributed by atoms with Crippen LogP contribution in [0.15, 0.2) is 158 Å². The molecule has 7 atom stereocenters. The molecule has 7 unspecified atom stereocenters. The van der Waals surface area contributed by atoms with Crippen LogP contribution in [0.4, 0.5) is 0 Å². The molecule has 1 aliphatic rings. The van der Waals surface area contributed by atoms with Gasteiger partial charge in [0.25, 0.3) is 0 Å². The fourth-order valence-electron chi connectivity index (χ4n) is 7.79. The lowest BCUT2D eigenvalue weighted by molar-refractivity contribution is -0.302. The molecule has 0 radical (unpaired) electrons. The standard InChI is InChI=1S/C65H103NO8/c1-3-5-7-9-11-13-15-17-18-19-20-21-22-23-24-25-26-27-28-29-30-31-32-33-34-35-36-37-38-39-40-41-42-43-45-47-49-51-53-55-61(69)66-58(57-73-65-64(72)63(71)62(70)60(56-67)74-65)59(68)54-52-50-48-46-44-16-14-12-10-8-6-4-2/h5,7,10-13,17-18,20-21,23-24,26-27,29-30,32-33,35-36,38-39,44,46,52,54,58-60,62-65,67-68,70-72H,3-4,6,8-9,14-16,19,22,25,28,31,34,37,40-43,45,47-51,53,55-57H2,1-2H3,(H,66,69)/b7-5-,12-10+,13-11-,18-17-,21-20-,24-23-,27-26-,30-29-,33-32-,36-35-,39-38-,46-44+,54-52+. The van der Waals surface area contributed by atoms with E-state index in [9.17, 15) is 30.3 Å². The maximum Gasteiger partial charge on any atom is 0.220 e. The zero-order valence-corrected chi connectivity index (χ0v) is 46.0. The van der Waals surface area contributed by atoms with Gasteiger partial charge in [0, 0.05) is 6.42 Å². The van der Waals surface area contributed by atoms with E-state index in [1.165, 1.54) is 38.5 Å². The number of nitrogens with one attached hydrogen (secondary N) is 1. The summed E-state index contributed by atoms with van der Waals surface area (Å²) in [6.45, 7) is 3.56. The second-order valence-electron chi connectivity index (χ2n) is 19.0. The smallest absolute Gasteiger partial charge is 0.220 e. The van der Waals surface area contributed by atoms with Gasteiger partial charge >= 0.3 is 0 Å². The van der Waals surface area contributed by atoms with Crippen molar-refractivity contribution in [3.05, 3.63) is 158 Å². The first-order valence-electron chi connectivity index (χ1n) is 28.7. The minimum absolute atomic E-state index is 0.209. The lowest BCUT2D eigenvalue weighted by Crippen LogP contribution is -2.60. The van der Waals surface area contributed by atoms with Gasteiger partial charge in [-0.1, -0.05) is 223 Å². The van der Waals surface area contributed by atoms with Gasteiger partial charge in [0.15, 0.2) is 6.29 Å². The SMILES string of the molecule is CC/C=C\C/C=C\C/C=C\C/C=C\C/C=C\C/C=C\C/C=C\C/C=C\C/C=C\C/C=C\CCCCCCCCCCC(=O)NC(COC1OC(CO)C(O)C(O)C1O)C(O)/C=C/CC/C=C/CC/C=C/CCCC. The van der Waals surface area contributed by atoms with Crippen molar-refractivity contribution in [2.45, 2.75) is 230 Å². The number of carbonyl (C=O) groups excluding carboxylic acids is 1. The number of ether oxygens (including phenoxy) is 2. The highest BCUT2D eigenvalue weighted by atomic mass is 16.7. The molecule has 1 amide bonds. The van der Waals surface area contributed by atoms with Gasteiger partial charge in [0.05, 0.1) is 25.4 Å². The summed E-state index contributed by atoms with van der Waals surface area (Å²) < 4.78 is 11.2. The zero-order chi connectivity index (χ0) is 53.6. The molecule has 0 aliphatic carbocycles. The van der Waals surface area contributed by atoms with Gasteiger partial charge < -0.3 is 40.3 Å². The molecular weight excluding hydrogens is 923 g/mol. The second-order valence-corrected chi connectivity index (χ2v) is 19.0. The summed E-state index contributed by atoms with van der Waals surface area (Å²) in [5.41, 5.74) is 0. The molecule has 0 bridgehead atoms. The Kier molecular flexibility index (Phi) is 47.9. The zero-order valence-electron chi connectivity index (χ0n) is 46.0. The molecular formula is C65H103NO8. The van der Waals surface area contributed by atoms with Gasteiger partial charge in [0.2, 0.25) is 5.91 Å². The Morgan fingerprint density at radius 1 is 0.473 bits per heavy atom. The molecule has 1 aliphatic heterocycles. The monoisotopic (exact) mass is 1030 g/mol. The van der Waals surface area contributed by atoms with E-state index in [1.807, 2.05) is 6.08 Å². The van der Waals surface area contributed by atoms with Crippen molar-refractivity contribution in [3.63, 3.8) is 0 Å². The molecule has 0 aromatic heterocycles. The van der Waals surface area contributed by atoms with Crippen LogP contribution in [0.25, 0.3) is 0 Å². The highest BCUT2D eigenvalue weighted by molar-refractivity contribution is 5.76. The van der Waals surface area contributed by atoms with Crippen LogP contribution in [-0.4, -0.2) is 87.5 Å². The molecule has 416 valence electrons. The number of aliphatic hydroxyl groups excluding tert-OH is 5. The van der Waals surface area contributed by atoms with Crippen LogP contribution in [0.5, 0.6) is 0 Å². The Morgan fingerprint density at radius 2 is 0.851 bits per heavy atom. The van der Waals surface area contributed by atoms with Gasteiger partial charge in [0.1, 0.15) is 24.4 Å². The molecule has 0 aromatic carbocycles. The van der Waals surface area contributed by atoms with Crippen LogP contribution in [0.2, 0.25) is 0 Å². The Bertz CT molecular complexity index is 1710. The third-order valence-corrected chi connectivity index (χ3v) is 12.3. The topological polar surface area (TPSA) is 149 Å². The van der Waals surface area contributed by atoms with Crippen molar-refractivity contribution in [3.8, 4) is 0 Å². The third kappa shape index (κ3) is 41.1. The Balaban J connectivity index is 2.18. The van der Waals surface area contributed by atoms with Crippen LogP contribution in [0.1, 0.15) is 187 Å². The van der Waals surface area contributed by atoms with Crippen LogP contribution in [-0.2, 0) is 14.3 Å². The first-order valence-corrected chi connectivity index (χ1v) is 28.7. The quantitative estimate of drug-likeness (QED) is 0.0261. The number of allylic oxidation sites excluding steroid dienone is 25. The van der Waals surface area contributed by atoms with Crippen molar-refractivity contribution in [1.29, 1.82) is 0 Å². The van der Waals surface area contributed by atoms with Crippen LogP contribution >= 0.6 is 0 Å². The Labute approximate surface area is 450 Å². The van der Waals surface area contributed by atoms with Crippen molar-refractivity contribution in [2.24, 2.45) is 0 Å². The largest absolute Gasteiger partial charge is 0.394 e. The van der Waals surface area contributed by atoms with Crippen molar-refractivity contribution in [1.82, 2.24) is 5.32 Å². The summed E-state index contributed by atoms with van der Waals surface area (Å²) in [6, 6.07) is -0.843. The Morgan fingerprint density at radius 3 is 1.30 bits per heavy atom. The van der Waals surface area contributed by atoms with E-state index in [-0.39, 0.29) is 12.5 Å². The van der Waals surface area contributed by atoms with Gasteiger partial charge in [-0.3, -0.25) is 4.79 Å². The molecule has 6 N–H and O–H groups in total. The number of amides is 1. The fraction of sp³-hybridized carbons (Fsp3) is 0.585. The number of rotatable bonds is 46. The van der Waals surface area contributed by atoms with E-state index in [0.717, 1.165) is 128 Å². The second kappa shape index (κ2) is 52.3. The molecule has 0 spiro atoms. The number of hydrogen-bond donors (Lipinski definition) is 6. The average Bonchev–Trinajstić information content (AvgIpc) is 3.40. The van der Waals surface area contributed by atoms with E-state index in [2.05, 4.69) is 165 Å². The molecule has 1 fully saturated rings. The molecule has 1 saturated heterocycles. The highest BCUT2D eigenvalue weighted by Gasteiger charge is 2.44. The molecule has 9 heteroatoms. The maximum atomic E-state index is 13.0. The van der Waals surface area contributed by atoms with E-state index in [0.29, 0.717) is 6.42 Å². The van der Waals surface area contributed by atoms with E-state index >= 15 is 0 Å². The normalized spacial score (nSPS) is 20.2. The lowest BCUT2D eigenvalue weighted by Gasteiger charge is -2.40. The van der Waals surface area contributed by atoms with Crippen LogP contribution in [0, 0.1) is 0 Å². The Hall–Kier alpha value is -4.19. The average molecular weight is 1030 g/mol. The predicted octanol–water partition coefficient (Wildman–Crippen LogP) is 14.5. The summed E-state index contributed by atoms with van der Waals surface area (Å²) in [4.78, 5) is 13.0.